The van der Waals surface area contributed by atoms with Gasteiger partial charge in [0.15, 0.2) is 0 Å². The number of nitrogens with zero attached hydrogens (tertiary/aromatic N) is 3. The summed E-state index contributed by atoms with van der Waals surface area (Å²) >= 11 is 0. The van der Waals surface area contributed by atoms with Crippen LogP contribution in [0.15, 0.2) is 30.7 Å². The van der Waals surface area contributed by atoms with Gasteiger partial charge >= 0.3 is 0 Å². The maximum Gasteiger partial charge on any atom is 0.138 e. The molecule has 90 valence electrons. The summed E-state index contributed by atoms with van der Waals surface area (Å²) in [5.74, 6) is 0.759. The third-order valence-corrected chi connectivity index (χ3v) is 2.36. The minimum Gasteiger partial charge on any atom is -0.487 e. The van der Waals surface area contributed by atoms with Crippen LogP contribution in [0.2, 0.25) is 0 Å². The van der Waals surface area contributed by atoms with Crippen molar-refractivity contribution in [3.8, 4) is 5.75 Å². The molecular weight excluding hydrogens is 216 g/mol. The van der Waals surface area contributed by atoms with E-state index in [-0.39, 0.29) is 0 Å². The van der Waals surface area contributed by atoms with Crippen molar-refractivity contribution in [2.75, 3.05) is 6.54 Å². The van der Waals surface area contributed by atoms with Crippen LogP contribution in [0.4, 0.5) is 0 Å². The zero-order valence-corrected chi connectivity index (χ0v) is 9.84. The van der Waals surface area contributed by atoms with E-state index in [0.717, 1.165) is 23.4 Å². The van der Waals surface area contributed by atoms with Crippen molar-refractivity contribution in [2.24, 2.45) is 12.8 Å². The predicted molar refractivity (Wildman–Crippen MR) is 64.5 cm³/mol. The lowest BCUT2D eigenvalue weighted by Crippen LogP contribution is -2.04. The Morgan fingerprint density at radius 2 is 2.24 bits per heavy atom. The van der Waals surface area contributed by atoms with Crippen LogP contribution in [0.5, 0.6) is 5.75 Å². The van der Waals surface area contributed by atoms with Gasteiger partial charge in [0.2, 0.25) is 0 Å². The van der Waals surface area contributed by atoms with Crippen molar-refractivity contribution in [3.05, 3.63) is 42.0 Å². The second kappa shape index (κ2) is 5.45. The van der Waals surface area contributed by atoms with Crippen LogP contribution >= 0.6 is 0 Å². The summed E-state index contributed by atoms with van der Waals surface area (Å²) in [6, 6.07) is 3.85. The van der Waals surface area contributed by atoms with Crippen LogP contribution < -0.4 is 10.5 Å². The summed E-state index contributed by atoms with van der Waals surface area (Å²) in [5.41, 5.74) is 7.48. The van der Waals surface area contributed by atoms with E-state index in [2.05, 4.69) is 10.1 Å². The molecule has 2 rings (SSSR count). The molecule has 0 radical (unpaired) electrons. The topological polar surface area (TPSA) is 66.0 Å². The summed E-state index contributed by atoms with van der Waals surface area (Å²) < 4.78 is 7.34. The first-order valence-corrected chi connectivity index (χ1v) is 5.53. The fourth-order valence-corrected chi connectivity index (χ4v) is 1.51. The van der Waals surface area contributed by atoms with E-state index in [1.165, 1.54) is 0 Å². The van der Waals surface area contributed by atoms with Crippen LogP contribution in [-0.4, -0.2) is 21.3 Å². The van der Waals surface area contributed by atoms with Gasteiger partial charge in [0, 0.05) is 30.9 Å². The number of nitrogens with two attached hydrogens (primary N) is 1. The van der Waals surface area contributed by atoms with E-state index >= 15 is 0 Å². The molecular formula is C12H16N4O. The molecule has 2 aromatic rings. The van der Waals surface area contributed by atoms with E-state index < -0.39 is 0 Å². The zero-order chi connectivity index (χ0) is 12.1. The third-order valence-electron chi connectivity index (χ3n) is 2.36. The van der Waals surface area contributed by atoms with Crippen molar-refractivity contribution < 1.29 is 4.74 Å². The third kappa shape index (κ3) is 3.29. The van der Waals surface area contributed by atoms with Gasteiger partial charge < -0.3 is 10.5 Å². The number of aryl methyl sites for hydroxylation is 1. The lowest BCUT2D eigenvalue weighted by atomic mass is 10.3. The maximum atomic E-state index is 5.59. The van der Waals surface area contributed by atoms with Gasteiger partial charge in [-0.15, -0.1) is 0 Å². The van der Waals surface area contributed by atoms with Crippen LogP contribution in [0.25, 0.3) is 0 Å². The van der Waals surface area contributed by atoms with Gasteiger partial charge in [-0.05, 0) is 18.7 Å². The molecule has 0 fully saturated rings. The molecule has 0 saturated carbocycles. The maximum absolute atomic E-state index is 5.59. The van der Waals surface area contributed by atoms with Crippen LogP contribution in [0, 0.1) is 0 Å². The number of rotatable bonds is 5. The molecule has 0 amide bonds. The van der Waals surface area contributed by atoms with E-state index in [9.17, 15) is 0 Å². The number of hydrogen-bond acceptors (Lipinski definition) is 4. The Morgan fingerprint density at radius 1 is 1.35 bits per heavy atom. The second-order valence-corrected chi connectivity index (χ2v) is 3.83. The van der Waals surface area contributed by atoms with Gasteiger partial charge in [0.05, 0.1) is 12.4 Å². The molecule has 5 heteroatoms. The minimum absolute atomic E-state index is 0.506. The van der Waals surface area contributed by atoms with Crippen molar-refractivity contribution in [1.82, 2.24) is 14.8 Å². The highest BCUT2D eigenvalue weighted by Crippen LogP contribution is 2.11. The summed E-state index contributed by atoms with van der Waals surface area (Å²) in [7, 11) is 1.88. The average molecular weight is 232 g/mol. The highest BCUT2D eigenvalue weighted by atomic mass is 16.5. The molecule has 0 aliphatic rings. The predicted octanol–water partition coefficient (Wildman–Crippen LogP) is 0.895. The Labute approximate surface area is 100 Å². The molecule has 0 unspecified atom stereocenters. The molecule has 0 atom stereocenters. The summed E-state index contributed by atoms with van der Waals surface area (Å²) in [6.45, 7) is 1.12. The number of hydrogen-bond donors (Lipinski definition) is 1. The zero-order valence-electron chi connectivity index (χ0n) is 9.84. The average Bonchev–Trinajstić information content (AvgIpc) is 2.75. The van der Waals surface area contributed by atoms with Crippen LogP contribution in [0.1, 0.15) is 11.3 Å². The summed E-state index contributed by atoms with van der Waals surface area (Å²) in [5, 5.41) is 4.07. The molecule has 5 nitrogen and oxygen atoms in total. The van der Waals surface area contributed by atoms with Crippen molar-refractivity contribution >= 4 is 0 Å². The van der Waals surface area contributed by atoms with E-state index in [1.807, 2.05) is 25.4 Å². The lowest BCUT2D eigenvalue weighted by molar-refractivity contribution is 0.304. The van der Waals surface area contributed by atoms with Gasteiger partial charge in [-0.3, -0.25) is 9.67 Å². The Kier molecular flexibility index (Phi) is 3.72. The van der Waals surface area contributed by atoms with Gasteiger partial charge in [-0.2, -0.15) is 5.10 Å². The van der Waals surface area contributed by atoms with E-state index in [0.29, 0.717) is 13.2 Å². The lowest BCUT2D eigenvalue weighted by Gasteiger charge is -2.04. The Bertz CT molecular complexity index is 464. The van der Waals surface area contributed by atoms with Crippen LogP contribution in [-0.2, 0) is 20.1 Å². The van der Waals surface area contributed by atoms with E-state index in [1.54, 1.807) is 17.1 Å². The van der Waals surface area contributed by atoms with Gasteiger partial charge in [0.25, 0.3) is 0 Å². The molecule has 0 aromatic carbocycles. The fraction of sp³-hybridized carbons (Fsp3) is 0.333. The summed E-state index contributed by atoms with van der Waals surface area (Å²) in [4.78, 5) is 4.26. The highest BCUT2D eigenvalue weighted by Gasteiger charge is 1.99. The number of pyridine rings is 1. The monoisotopic (exact) mass is 232 g/mol. The molecule has 0 aliphatic carbocycles. The Hall–Kier alpha value is -1.88. The largest absolute Gasteiger partial charge is 0.487 e. The minimum atomic E-state index is 0.506. The fourth-order valence-electron chi connectivity index (χ4n) is 1.51. The first-order chi connectivity index (χ1) is 8.28. The molecule has 0 aliphatic heterocycles. The van der Waals surface area contributed by atoms with Crippen molar-refractivity contribution in [1.29, 1.82) is 0 Å². The normalized spacial score (nSPS) is 10.5. The number of ether oxygens (including phenoxy) is 1. The standard InChI is InChI=1S/C12H16N4O/c1-16-8-10(6-15-16)9-17-12-3-2-11(4-5-13)14-7-12/h2-3,6-8H,4-5,9,13H2,1H3. The van der Waals surface area contributed by atoms with Gasteiger partial charge in [0.1, 0.15) is 12.4 Å². The molecule has 0 saturated heterocycles. The molecule has 2 N–H and O–H groups in total. The number of aromatic nitrogens is 3. The smallest absolute Gasteiger partial charge is 0.138 e. The summed E-state index contributed by atoms with van der Waals surface area (Å²) in [6.07, 6.45) is 6.23. The molecule has 0 spiro atoms. The highest BCUT2D eigenvalue weighted by molar-refractivity contribution is 5.20. The first kappa shape index (κ1) is 11.6. The van der Waals surface area contributed by atoms with Crippen molar-refractivity contribution in [3.63, 3.8) is 0 Å². The molecule has 0 bridgehead atoms. The Morgan fingerprint density at radius 3 is 2.82 bits per heavy atom. The van der Waals surface area contributed by atoms with Crippen molar-refractivity contribution in [2.45, 2.75) is 13.0 Å². The quantitative estimate of drug-likeness (QED) is 0.831. The molecule has 2 heterocycles. The van der Waals surface area contributed by atoms with Gasteiger partial charge in [-0.25, -0.2) is 0 Å². The van der Waals surface area contributed by atoms with E-state index in [4.69, 9.17) is 10.5 Å². The first-order valence-electron chi connectivity index (χ1n) is 5.53. The molecule has 17 heavy (non-hydrogen) atoms. The SMILES string of the molecule is Cn1cc(COc2ccc(CCN)nc2)cn1. The Balaban J connectivity index is 1.90. The van der Waals surface area contributed by atoms with Gasteiger partial charge in [-0.1, -0.05) is 0 Å². The second-order valence-electron chi connectivity index (χ2n) is 3.83. The van der Waals surface area contributed by atoms with Crippen LogP contribution in [0.3, 0.4) is 0 Å². The molecule has 2 aromatic heterocycles.